The molecule has 0 unspecified atom stereocenters. The van der Waals surface area contributed by atoms with Crippen molar-refractivity contribution in [3.05, 3.63) is 47.3 Å². The molecule has 0 aliphatic rings. The van der Waals surface area contributed by atoms with Crippen LogP contribution in [0, 0.1) is 0 Å². The first-order valence-corrected chi connectivity index (χ1v) is 6.86. The number of hydrogen-bond donors (Lipinski definition) is 3. The van der Waals surface area contributed by atoms with E-state index in [4.69, 9.17) is 5.73 Å². The Morgan fingerprint density at radius 3 is 2.62 bits per heavy atom. The van der Waals surface area contributed by atoms with Gasteiger partial charge < -0.3 is 16.2 Å². The summed E-state index contributed by atoms with van der Waals surface area (Å²) in [5.41, 5.74) is 8.21. The van der Waals surface area contributed by atoms with Crippen molar-refractivity contribution >= 4 is 11.6 Å². The molecule has 1 atom stereocenters. The summed E-state index contributed by atoms with van der Waals surface area (Å²) in [5.74, 6) is -0.342. The Morgan fingerprint density at radius 2 is 2.10 bits per heavy atom. The highest BCUT2D eigenvalue weighted by Crippen LogP contribution is 2.19. The molecule has 2 aromatic rings. The Morgan fingerprint density at radius 1 is 1.43 bits per heavy atom. The van der Waals surface area contributed by atoms with Crippen LogP contribution in [0.2, 0.25) is 0 Å². The van der Waals surface area contributed by atoms with Gasteiger partial charge in [0.05, 0.1) is 24.0 Å². The molecule has 0 saturated carbocycles. The van der Waals surface area contributed by atoms with E-state index in [-0.39, 0.29) is 12.5 Å². The Labute approximate surface area is 123 Å². The van der Waals surface area contributed by atoms with Gasteiger partial charge >= 0.3 is 0 Å². The van der Waals surface area contributed by atoms with E-state index in [1.54, 1.807) is 7.05 Å². The molecule has 1 aromatic heterocycles. The molecule has 112 valence electrons. The van der Waals surface area contributed by atoms with Gasteiger partial charge in [0.1, 0.15) is 5.69 Å². The van der Waals surface area contributed by atoms with Gasteiger partial charge in [-0.15, -0.1) is 0 Å². The van der Waals surface area contributed by atoms with Gasteiger partial charge in [-0.3, -0.25) is 9.48 Å². The number of nitrogens with one attached hydrogen (secondary N) is 1. The van der Waals surface area contributed by atoms with E-state index in [9.17, 15) is 9.90 Å². The number of rotatable bonds is 5. The first-order valence-electron chi connectivity index (χ1n) is 6.86. The van der Waals surface area contributed by atoms with Crippen LogP contribution in [0.1, 0.15) is 34.7 Å². The number of carbonyl (C=O) groups is 1. The first kappa shape index (κ1) is 15.1. The molecule has 2 rings (SSSR count). The minimum absolute atomic E-state index is 0.186. The maximum absolute atomic E-state index is 12.4. The monoisotopic (exact) mass is 288 g/mol. The van der Waals surface area contributed by atoms with Crippen molar-refractivity contribution in [1.82, 2.24) is 15.1 Å². The minimum atomic E-state index is -0.474. The highest BCUT2D eigenvalue weighted by Gasteiger charge is 2.22. The normalized spacial score (nSPS) is 12.1. The molecule has 6 nitrogen and oxygen atoms in total. The highest BCUT2D eigenvalue weighted by molar-refractivity contribution is 5.98. The summed E-state index contributed by atoms with van der Waals surface area (Å²) in [4.78, 5) is 12.4. The quantitative estimate of drug-likeness (QED) is 0.766. The van der Waals surface area contributed by atoms with Crippen molar-refractivity contribution in [3.63, 3.8) is 0 Å². The SMILES string of the molecule is CCc1nn(C)c(C(=O)N[C@H](CO)c2ccccc2)c1N. The number of amides is 1. The largest absolute Gasteiger partial charge is 0.395 e. The van der Waals surface area contributed by atoms with Gasteiger partial charge in [0.2, 0.25) is 0 Å². The molecule has 0 bridgehead atoms. The Kier molecular flexibility index (Phi) is 4.59. The second-order valence-corrected chi connectivity index (χ2v) is 4.81. The van der Waals surface area contributed by atoms with Crippen LogP contribution in [-0.4, -0.2) is 27.4 Å². The Balaban J connectivity index is 2.23. The zero-order valence-electron chi connectivity index (χ0n) is 12.2. The van der Waals surface area contributed by atoms with Gasteiger partial charge in [-0.05, 0) is 12.0 Å². The van der Waals surface area contributed by atoms with Crippen LogP contribution in [0.3, 0.4) is 0 Å². The van der Waals surface area contributed by atoms with Gasteiger partial charge in [0, 0.05) is 7.05 Å². The minimum Gasteiger partial charge on any atom is -0.395 e. The van der Waals surface area contributed by atoms with Gasteiger partial charge in [-0.2, -0.15) is 5.10 Å². The second kappa shape index (κ2) is 6.41. The maximum Gasteiger partial charge on any atom is 0.272 e. The first-order chi connectivity index (χ1) is 10.1. The van der Waals surface area contributed by atoms with E-state index < -0.39 is 6.04 Å². The molecular formula is C15H20N4O2. The summed E-state index contributed by atoms with van der Waals surface area (Å²) in [6.07, 6.45) is 0.662. The Hall–Kier alpha value is -2.34. The number of nitrogens with two attached hydrogens (primary N) is 1. The smallest absolute Gasteiger partial charge is 0.272 e. The lowest BCUT2D eigenvalue weighted by Gasteiger charge is -2.17. The average Bonchev–Trinajstić information content (AvgIpc) is 2.79. The molecule has 0 fully saturated rings. The van der Waals surface area contributed by atoms with Crippen molar-refractivity contribution in [2.24, 2.45) is 7.05 Å². The van der Waals surface area contributed by atoms with E-state index in [1.165, 1.54) is 4.68 Å². The molecule has 0 radical (unpaired) electrons. The number of hydrogen-bond acceptors (Lipinski definition) is 4. The third kappa shape index (κ3) is 3.05. The zero-order valence-corrected chi connectivity index (χ0v) is 12.2. The van der Waals surface area contributed by atoms with E-state index in [2.05, 4.69) is 10.4 Å². The van der Waals surface area contributed by atoms with Crippen LogP contribution in [0.4, 0.5) is 5.69 Å². The number of nitrogen functional groups attached to an aromatic ring is 1. The molecule has 1 heterocycles. The third-order valence-corrected chi connectivity index (χ3v) is 3.40. The fourth-order valence-corrected chi connectivity index (χ4v) is 2.27. The lowest BCUT2D eigenvalue weighted by Crippen LogP contribution is -2.32. The number of aromatic nitrogens is 2. The molecule has 1 aromatic carbocycles. The molecule has 0 spiro atoms. The Bertz CT molecular complexity index is 622. The van der Waals surface area contributed by atoms with Crippen LogP contribution in [0.25, 0.3) is 0 Å². The highest BCUT2D eigenvalue weighted by atomic mass is 16.3. The van der Waals surface area contributed by atoms with Crippen LogP contribution in [0.15, 0.2) is 30.3 Å². The number of anilines is 1. The zero-order chi connectivity index (χ0) is 15.4. The molecule has 0 aliphatic carbocycles. The molecule has 6 heteroatoms. The van der Waals surface area contributed by atoms with E-state index in [0.29, 0.717) is 23.5 Å². The van der Waals surface area contributed by atoms with Crippen LogP contribution >= 0.6 is 0 Å². The summed E-state index contributed by atoms with van der Waals surface area (Å²) < 4.78 is 1.48. The number of carbonyl (C=O) groups excluding carboxylic acids is 1. The third-order valence-electron chi connectivity index (χ3n) is 3.40. The number of benzene rings is 1. The van der Waals surface area contributed by atoms with Crippen molar-refractivity contribution in [2.75, 3.05) is 12.3 Å². The molecule has 21 heavy (non-hydrogen) atoms. The van der Waals surface area contributed by atoms with Crippen LogP contribution in [0.5, 0.6) is 0 Å². The number of aliphatic hydroxyl groups is 1. The number of aliphatic hydroxyl groups excluding tert-OH is 1. The van der Waals surface area contributed by atoms with Gasteiger partial charge in [0.15, 0.2) is 0 Å². The predicted molar refractivity (Wildman–Crippen MR) is 80.7 cm³/mol. The molecule has 0 saturated heterocycles. The average molecular weight is 288 g/mol. The van der Waals surface area contributed by atoms with Crippen molar-refractivity contribution in [3.8, 4) is 0 Å². The van der Waals surface area contributed by atoms with Crippen molar-refractivity contribution in [1.29, 1.82) is 0 Å². The summed E-state index contributed by atoms with van der Waals surface area (Å²) in [6, 6.07) is 8.83. The van der Waals surface area contributed by atoms with E-state index in [1.807, 2.05) is 37.3 Å². The van der Waals surface area contributed by atoms with Gasteiger partial charge in [0.25, 0.3) is 5.91 Å². The van der Waals surface area contributed by atoms with Gasteiger partial charge in [-0.1, -0.05) is 37.3 Å². The standard InChI is InChI=1S/C15H20N4O2/c1-3-11-13(16)14(19(2)18-11)15(21)17-12(9-20)10-7-5-4-6-8-10/h4-8,12,20H,3,9,16H2,1-2H3,(H,17,21)/t12-/m1/s1. The van der Waals surface area contributed by atoms with Gasteiger partial charge in [-0.25, -0.2) is 0 Å². The summed E-state index contributed by atoms with van der Waals surface area (Å²) >= 11 is 0. The van der Waals surface area contributed by atoms with E-state index >= 15 is 0 Å². The van der Waals surface area contributed by atoms with E-state index in [0.717, 1.165) is 5.56 Å². The number of aryl methyl sites for hydroxylation is 2. The van der Waals surface area contributed by atoms with Crippen molar-refractivity contribution < 1.29 is 9.90 Å². The van der Waals surface area contributed by atoms with Crippen LogP contribution in [-0.2, 0) is 13.5 Å². The fourth-order valence-electron chi connectivity index (χ4n) is 2.27. The number of nitrogens with zero attached hydrogens (tertiary/aromatic N) is 2. The lowest BCUT2D eigenvalue weighted by molar-refractivity contribution is 0.0907. The molecule has 4 N–H and O–H groups in total. The molecule has 0 aliphatic heterocycles. The molecule has 1 amide bonds. The topological polar surface area (TPSA) is 93.2 Å². The maximum atomic E-state index is 12.4. The summed E-state index contributed by atoms with van der Waals surface area (Å²) in [5, 5.41) is 16.5. The second-order valence-electron chi connectivity index (χ2n) is 4.81. The fraction of sp³-hybridized carbons (Fsp3) is 0.333. The van der Waals surface area contributed by atoms with Crippen molar-refractivity contribution in [2.45, 2.75) is 19.4 Å². The lowest BCUT2D eigenvalue weighted by atomic mass is 10.1. The predicted octanol–water partition coefficient (Wildman–Crippen LogP) is 1.03. The molecular weight excluding hydrogens is 268 g/mol. The summed E-state index contributed by atoms with van der Waals surface area (Å²) in [7, 11) is 1.68. The van der Waals surface area contributed by atoms with Crippen LogP contribution < -0.4 is 11.1 Å². The summed E-state index contributed by atoms with van der Waals surface area (Å²) in [6.45, 7) is 1.75.